The summed E-state index contributed by atoms with van der Waals surface area (Å²) in [4.78, 5) is 23.0. The van der Waals surface area contributed by atoms with E-state index in [-0.39, 0.29) is 29.2 Å². The molecule has 0 spiro atoms. The summed E-state index contributed by atoms with van der Waals surface area (Å²) in [5.74, 6) is 0.247. The summed E-state index contributed by atoms with van der Waals surface area (Å²) in [6, 6.07) is 8.92. The zero-order valence-corrected chi connectivity index (χ0v) is 17.1. The molecule has 2 atom stereocenters. The molecule has 1 unspecified atom stereocenters. The number of aromatic nitrogens is 4. The van der Waals surface area contributed by atoms with Crippen molar-refractivity contribution in [2.45, 2.75) is 32.6 Å². The number of para-hydroxylation sites is 1. The van der Waals surface area contributed by atoms with E-state index in [4.69, 9.17) is 4.42 Å². The molecule has 7 nitrogen and oxygen atoms in total. The predicted molar refractivity (Wildman–Crippen MR) is 109 cm³/mol. The number of nitrogens with zero attached hydrogens (tertiary/aromatic N) is 5. The number of amides is 1. The van der Waals surface area contributed by atoms with Gasteiger partial charge in [-0.25, -0.2) is 18.3 Å². The Balaban J connectivity index is 1.51. The van der Waals surface area contributed by atoms with Crippen molar-refractivity contribution in [3.05, 3.63) is 59.4 Å². The smallest absolute Gasteiger partial charge is 0.289 e. The third kappa shape index (κ3) is 3.24. The lowest BCUT2D eigenvalue weighted by Crippen LogP contribution is -2.42. The Kier molecular flexibility index (Phi) is 4.68. The second-order valence-corrected chi connectivity index (χ2v) is 8.05. The van der Waals surface area contributed by atoms with E-state index >= 15 is 0 Å². The highest BCUT2D eigenvalue weighted by Gasteiger charge is 2.34. The van der Waals surface area contributed by atoms with Gasteiger partial charge < -0.3 is 9.32 Å². The molecule has 4 heterocycles. The Morgan fingerprint density at radius 3 is 2.87 bits per heavy atom. The number of carbonyl (C=O) groups is 1. The summed E-state index contributed by atoms with van der Waals surface area (Å²) in [6.07, 6.45) is -0.678. The molecule has 9 heteroatoms. The molecule has 0 N–H and O–H groups in total. The molecular weight excluding hydrogens is 404 g/mol. The fourth-order valence-corrected chi connectivity index (χ4v) is 4.39. The summed E-state index contributed by atoms with van der Waals surface area (Å²) < 4.78 is 34.2. The zero-order valence-electron chi connectivity index (χ0n) is 17.1. The van der Waals surface area contributed by atoms with Gasteiger partial charge in [0.15, 0.2) is 5.76 Å². The Morgan fingerprint density at radius 1 is 1.29 bits per heavy atom. The molecule has 1 aliphatic heterocycles. The summed E-state index contributed by atoms with van der Waals surface area (Å²) in [5.41, 5.74) is 1.73. The van der Waals surface area contributed by atoms with Crippen LogP contribution in [0, 0.1) is 12.8 Å². The summed E-state index contributed by atoms with van der Waals surface area (Å²) >= 11 is 0. The van der Waals surface area contributed by atoms with Gasteiger partial charge in [-0.2, -0.15) is 10.1 Å². The van der Waals surface area contributed by atoms with Crippen LogP contribution in [0.4, 0.5) is 8.78 Å². The van der Waals surface area contributed by atoms with Gasteiger partial charge in [0.2, 0.25) is 0 Å². The molecule has 0 saturated carbocycles. The minimum Gasteiger partial charge on any atom is -0.451 e. The molecule has 4 aromatic rings. The van der Waals surface area contributed by atoms with Crippen LogP contribution < -0.4 is 0 Å². The number of piperidine rings is 1. The maximum atomic E-state index is 13.4. The number of fused-ring (bicyclic) bond motifs is 2. The van der Waals surface area contributed by atoms with E-state index in [9.17, 15) is 13.6 Å². The number of furan rings is 1. The SMILES string of the molecule is Cc1c(C(=O)N2CCC(C)[C@H](c3cc(C(F)F)nc4ncnn34)C2)oc2ccccc12. The number of halogens is 2. The minimum atomic E-state index is -2.71. The number of rotatable bonds is 3. The number of carbonyl (C=O) groups excluding carboxylic acids is 1. The van der Waals surface area contributed by atoms with Gasteiger partial charge in [0.25, 0.3) is 18.1 Å². The Bertz CT molecular complexity index is 1280. The third-order valence-electron chi connectivity index (χ3n) is 6.19. The number of benzene rings is 1. The molecule has 1 amide bonds. The first-order valence-electron chi connectivity index (χ1n) is 10.2. The number of likely N-dealkylation sites (tertiary alicyclic amines) is 1. The second kappa shape index (κ2) is 7.40. The number of aryl methyl sites for hydroxylation is 1. The van der Waals surface area contributed by atoms with Gasteiger partial charge in [-0.15, -0.1) is 0 Å². The fraction of sp³-hybridized carbons (Fsp3) is 0.364. The molecule has 0 radical (unpaired) electrons. The number of hydrogen-bond acceptors (Lipinski definition) is 5. The van der Waals surface area contributed by atoms with Crippen LogP contribution in [0.2, 0.25) is 0 Å². The van der Waals surface area contributed by atoms with Gasteiger partial charge in [0.1, 0.15) is 17.6 Å². The van der Waals surface area contributed by atoms with E-state index in [0.29, 0.717) is 30.1 Å². The lowest BCUT2D eigenvalue weighted by atomic mass is 9.84. The second-order valence-electron chi connectivity index (χ2n) is 8.05. The first-order chi connectivity index (χ1) is 14.9. The molecule has 0 bridgehead atoms. The van der Waals surface area contributed by atoms with E-state index in [0.717, 1.165) is 17.4 Å². The molecule has 3 aromatic heterocycles. The van der Waals surface area contributed by atoms with E-state index in [1.807, 2.05) is 31.2 Å². The monoisotopic (exact) mass is 425 g/mol. The van der Waals surface area contributed by atoms with Gasteiger partial charge in [0.05, 0.1) is 5.69 Å². The summed E-state index contributed by atoms with van der Waals surface area (Å²) in [7, 11) is 0. The standard InChI is InChI=1S/C22H21F2N5O2/c1-12-7-8-28(21(30)19-13(2)14-5-3-4-6-18(14)31-19)10-15(12)17-9-16(20(23)24)27-22-25-11-26-29(17)22/h3-6,9,11-12,15,20H,7-8,10H2,1-2H3/t12?,15-/m1/s1. The molecule has 1 saturated heterocycles. The first kappa shape index (κ1) is 19.6. The molecule has 0 aliphatic carbocycles. The van der Waals surface area contributed by atoms with Crippen molar-refractivity contribution in [3.63, 3.8) is 0 Å². The van der Waals surface area contributed by atoms with Crippen LogP contribution in [0.15, 0.2) is 41.1 Å². The van der Waals surface area contributed by atoms with Crippen molar-refractivity contribution in [1.82, 2.24) is 24.5 Å². The molecule has 1 fully saturated rings. The molecule has 31 heavy (non-hydrogen) atoms. The van der Waals surface area contributed by atoms with E-state index < -0.39 is 6.43 Å². The Hall–Kier alpha value is -3.36. The molecular formula is C22H21F2N5O2. The maximum absolute atomic E-state index is 13.4. The average Bonchev–Trinajstić information content (AvgIpc) is 3.38. The van der Waals surface area contributed by atoms with Crippen LogP contribution in [0.1, 0.15) is 53.2 Å². The van der Waals surface area contributed by atoms with Crippen molar-refractivity contribution in [1.29, 1.82) is 0 Å². The molecule has 1 aliphatic rings. The van der Waals surface area contributed by atoms with Crippen LogP contribution >= 0.6 is 0 Å². The Labute approximate surface area is 176 Å². The van der Waals surface area contributed by atoms with Crippen molar-refractivity contribution < 1.29 is 18.0 Å². The highest BCUT2D eigenvalue weighted by Crippen LogP contribution is 2.35. The minimum absolute atomic E-state index is 0.136. The van der Waals surface area contributed by atoms with Crippen LogP contribution in [0.25, 0.3) is 16.7 Å². The quantitative estimate of drug-likeness (QED) is 0.487. The lowest BCUT2D eigenvalue weighted by molar-refractivity contribution is 0.0635. The predicted octanol–water partition coefficient (Wildman–Crippen LogP) is 4.38. The average molecular weight is 425 g/mol. The largest absolute Gasteiger partial charge is 0.451 e. The van der Waals surface area contributed by atoms with E-state index in [1.165, 1.54) is 16.9 Å². The van der Waals surface area contributed by atoms with E-state index in [2.05, 4.69) is 22.0 Å². The topological polar surface area (TPSA) is 76.5 Å². The Morgan fingerprint density at radius 2 is 2.10 bits per heavy atom. The van der Waals surface area contributed by atoms with Gasteiger partial charge >= 0.3 is 0 Å². The lowest BCUT2D eigenvalue weighted by Gasteiger charge is -2.37. The highest BCUT2D eigenvalue weighted by molar-refractivity contribution is 5.99. The van der Waals surface area contributed by atoms with Crippen molar-refractivity contribution in [3.8, 4) is 0 Å². The zero-order chi connectivity index (χ0) is 21.7. The number of hydrogen-bond donors (Lipinski definition) is 0. The maximum Gasteiger partial charge on any atom is 0.289 e. The fourth-order valence-electron chi connectivity index (χ4n) is 4.39. The van der Waals surface area contributed by atoms with Gasteiger partial charge in [0, 0.05) is 30.0 Å². The first-order valence-corrected chi connectivity index (χ1v) is 10.2. The van der Waals surface area contributed by atoms with Gasteiger partial charge in [-0.05, 0) is 31.4 Å². The van der Waals surface area contributed by atoms with Gasteiger partial charge in [-0.1, -0.05) is 25.1 Å². The normalized spacial score (nSPS) is 19.6. The van der Waals surface area contributed by atoms with E-state index in [1.54, 1.807) is 4.90 Å². The van der Waals surface area contributed by atoms with Crippen molar-refractivity contribution >= 4 is 22.7 Å². The molecule has 1 aromatic carbocycles. The van der Waals surface area contributed by atoms with Crippen LogP contribution in [0.3, 0.4) is 0 Å². The van der Waals surface area contributed by atoms with Crippen LogP contribution in [0.5, 0.6) is 0 Å². The summed E-state index contributed by atoms with van der Waals surface area (Å²) in [5, 5.41) is 5.09. The highest BCUT2D eigenvalue weighted by atomic mass is 19.3. The van der Waals surface area contributed by atoms with Crippen LogP contribution in [-0.4, -0.2) is 43.5 Å². The molecule has 160 valence electrons. The van der Waals surface area contributed by atoms with Crippen molar-refractivity contribution in [2.24, 2.45) is 5.92 Å². The van der Waals surface area contributed by atoms with Crippen molar-refractivity contribution in [2.75, 3.05) is 13.1 Å². The van der Waals surface area contributed by atoms with Gasteiger partial charge in [-0.3, -0.25) is 4.79 Å². The van der Waals surface area contributed by atoms with Crippen LogP contribution in [-0.2, 0) is 0 Å². The molecule has 5 rings (SSSR count). The number of alkyl halides is 2. The summed E-state index contributed by atoms with van der Waals surface area (Å²) in [6.45, 7) is 4.88. The third-order valence-corrected chi connectivity index (χ3v) is 6.19.